The van der Waals surface area contributed by atoms with Gasteiger partial charge in [-0.3, -0.25) is 4.79 Å². The van der Waals surface area contributed by atoms with Crippen LogP contribution in [0, 0.1) is 0 Å². The minimum atomic E-state index is -0.139. The molecule has 7 nitrogen and oxygen atoms in total. The summed E-state index contributed by atoms with van der Waals surface area (Å²) < 4.78 is 10.5. The number of rotatable bonds is 10. The van der Waals surface area contributed by atoms with Crippen LogP contribution >= 0.6 is 24.0 Å². The maximum absolute atomic E-state index is 11.6. The number of halogens is 1. The zero-order valence-corrected chi connectivity index (χ0v) is 16.5. The number of ether oxygens (including phenoxy) is 2. The number of hydrogen-bond acceptors (Lipinski definition) is 4. The molecule has 1 aromatic carbocycles. The van der Waals surface area contributed by atoms with Gasteiger partial charge in [0.05, 0.1) is 13.2 Å². The summed E-state index contributed by atoms with van der Waals surface area (Å²) in [5, 5.41) is 8.92. The molecule has 1 amide bonds. The van der Waals surface area contributed by atoms with Crippen molar-refractivity contribution < 1.29 is 14.3 Å². The number of nitrogens with zero attached hydrogens (tertiary/aromatic N) is 1. The Bertz CT molecular complexity index is 472. The fourth-order valence-electron chi connectivity index (χ4n) is 1.70. The van der Waals surface area contributed by atoms with Crippen molar-refractivity contribution in [2.24, 2.45) is 4.99 Å². The van der Waals surface area contributed by atoms with E-state index in [0.717, 1.165) is 12.3 Å². The van der Waals surface area contributed by atoms with Crippen LogP contribution in [0.2, 0.25) is 0 Å². The van der Waals surface area contributed by atoms with Crippen LogP contribution in [-0.2, 0) is 9.53 Å². The van der Waals surface area contributed by atoms with E-state index >= 15 is 0 Å². The molecule has 0 radical (unpaired) electrons. The van der Waals surface area contributed by atoms with Crippen molar-refractivity contribution in [1.82, 2.24) is 16.0 Å². The van der Waals surface area contributed by atoms with Crippen LogP contribution in [0.15, 0.2) is 35.3 Å². The van der Waals surface area contributed by atoms with Crippen LogP contribution in [0.3, 0.4) is 0 Å². The second kappa shape index (κ2) is 15.0. The summed E-state index contributed by atoms with van der Waals surface area (Å²) in [6.07, 6.45) is 0. The van der Waals surface area contributed by atoms with Gasteiger partial charge in [0.2, 0.25) is 5.91 Å². The number of guanidine groups is 1. The van der Waals surface area contributed by atoms with Crippen molar-refractivity contribution in [3.05, 3.63) is 30.3 Å². The fourth-order valence-corrected chi connectivity index (χ4v) is 1.70. The van der Waals surface area contributed by atoms with Crippen molar-refractivity contribution in [1.29, 1.82) is 0 Å². The van der Waals surface area contributed by atoms with Crippen molar-refractivity contribution in [3.63, 3.8) is 0 Å². The third kappa shape index (κ3) is 11.1. The summed E-state index contributed by atoms with van der Waals surface area (Å²) in [4.78, 5) is 15.8. The van der Waals surface area contributed by atoms with E-state index in [9.17, 15) is 4.79 Å². The first-order valence-corrected chi connectivity index (χ1v) is 7.72. The summed E-state index contributed by atoms with van der Waals surface area (Å²) in [6, 6.07) is 9.61. The molecule has 0 saturated carbocycles. The zero-order chi connectivity index (χ0) is 16.8. The van der Waals surface area contributed by atoms with Gasteiger partial charge in [-0.1, -0.05) is 18.2 Å². The van der Waals surface area contributed by atoms with E-state index in [1.807, 2.05) is 37.3 Å². The molecule has 0 aromatic heterocycles. The highest BCUT2D eigenvalue weighted by molar-refractivity contribution is 14.0. The van der Waals surface area contributed by atoms with Gasteiger partial charge in [0.25, 0.3) is 0 Å². The van der Waals surface area contributed by atoms with E-state index in [1.54, 1.807) is 7.11 Å². The highest BCUT2D eigenvalue weighted by atomic mass is 127. The van der Waals surface area contributed by atoms with E-state index in [2.05, 4.69) is 20.9 Å². The molecule has 136 valence electrons. The van der Waals surface area contributed by atoms with Crippen LogP contribution in [0.4, 0.5) is 0 Å². The van der Waals surface area contributed by atoms with E-state index < -0.39 is 0 Å². The van der Waals surface area contributed by atoms with Crippen LogP contribution in [-0.4, -0.2) is 58.4 Å². The van der Waals surface area contributed by atoms with Crippen molar-refractivity contribution >= 4 is 35.8 Å². The largest absolute Gasteiger partial charge is 0.492 e. The van der Waals surface area contributed by atoms with E-state index in [1.165, 1.54) is 0 Å². The summed E-state index contributed by atoms with van der Waals surface area (Å²) in [7, 11) is 1.59. The number of hydrogen-bond donors (Lipinski definition) is 3. The number of methoxy groups -OCH3 is 1. The number of amides is 1. The molecule has 0 bridgehead atoms. The van der Waals surface area contributed by atoms with Gasteiger partial charge in [-0.25, -0.2) is 4.99 Å². The number of nitrogens with one attached hydrogen (secondary N) is 3. The van der Waals surface area contributed by atoms with Gasteiger partial charge in [-0.2, -0.15) is 0 Å². The zero-order valence-electron chi connectivity index (χ0n) is 14.2. The Morgan fingerprint density at radius 2 is 1.79 bits per heavy atom. The van der Waals surface area contributed by atoms with Gasteiger partial charge in [0.15, 0.2) is 5.96 Å². The molecule has 0 saturated heterocycles. The number of aliphatic imine (C=N–C) groups is 1. The monoisotopic (exact) mass is 450 g/mol. The predicted octanol–water partition coefficient (Wildman–Crippen LogP) is 1.00. The molecular formula is C16H27IN4O3. The second-order valence-corrected chi connectivity index (χ2v) is 4.63. The Labute approximate surface area is 160 Å². The van der Waals surface area contributed by atoms with Crippen LogP contribution in [0.25, 0.3) is 0 Å². The van der Waals surface area contributed by atoms with Crippen LogP contribution < -0.4 is 20.7 Å². The Morgan fingerprint density at radius 1 is 1.08 bits per heavy atom. The molecule has 24 heavy (non-hydrogen) atoms. The normalized spacial score (nSPS) is 10.5. The first kappa shape index (κ1) is 22.4. The third-order valence-electron chi connectivity index (χ3n) is 2.76. The Balaban J connectivity index is 0.00000529. The van der Waals surface area contributed by atoms with E-state index in [-0.39, 0.29) is 36.4 Å². The highest BCUT2D eigenvalue weighted by Crippen LogP contribution is 2.07. The van der Waals surface area contributed by atoms with Gasteiger partial charge in [0.1, 0.15) is 18.9 Å². The topological polar surface area (TPSA) is 84.0 Å². The lowest BCUT2D eigenvalue weighted by Gasteiger charge is -2.12. The predicted molar refractivity (Wildman–Crippen MR) is 106 cm³/mol. The van der Waals surface area contributed by atoms with Crippen molar-refractivity contribution in [2.75, 3.05) is 46.5 Å². The average Bonchev–Trinajstić information content (AvgIpc) is 2.57. The lowest BCUT2D eigenvalue weighted by Crippen LogP contribution is -2.40. The number of para-hydroxylation sites is 1. The lowest BCUT2D eigenvalue weighted by molar-refractivity contribution is -0.119. The molecular weight excluding hydrogens is 423 g/mol. The smallest absolute Gasteiger partial charge is 0.241 e. The van der Waals surface area contributed by atoms with E-state index in [4.69, 9.17) is 9.47 Å². The highest BCUT2D eigenvalue weighted by Gasteiger charge is 2.01. The summed E-state index contributed by atoms with van der Waals surface area (Å²) in [5.74, 6) is 1.28. The van der Waals surface area contributed by atoms with Gasteiger partial charge in [-0.05, 0) is 19.1 Å². The Morgan fingerprint density at radius 3 is 2.46 bits per heavy atom. The number of carbonyl (C=O) groups excluding carboxylic acids is 1. The molecule has 0 aliphatic heterocycles. The maximum Gasteiger partial charge on any atom is 0.241 e. The fraction of sp³-hybridized carbons (Fsp3) is 0.500. The molecule has 1 aromatic rings. The van der Waals surface area contributed by atoms with Gasteiger partial charge >= 0.3 is 0 Å². The third-order valence-corrected chi connectivity index (χ3v) is 2.76. The van der Waals surface area contributed by atoms with Gasteiger partial charge in [0, 0.05) is 20.2 Å². The number of benzene rings is 1. The van der Waals surface area contributed by atoms with Crippen LogP contribution in [0.5, 0.6) is 5.75 Å². The molecule has 0 unspecified atom stereocenters. The number of carbonyl (C=O) groups is 1. The Kier molecular flexibility index (Phi) is 14.0. The first-order valence-electron chi connectivity index (χ1n) is 7.72. The second-order valence-electron chi connectivity index (χ2n) is 4.63. The lowest BCUT2D eigenvalue weighted by atomic mass is 10.3. The minimum Gasteiger partial charge on any atom is -0.492 e. The summed E-state index contributed by atoms with van der Waals surface area (Å²) in [6.45, 7) is 4.83. The quantitative estimate of drug-likeness (QED) is 0.215. The van der Waals surface area contributed by atoms with Gasteiger partial charge in [-0.15, -0.1) is 24.0 Å². The molecule has 0 fully saturated rings. The van der Waals surface area contributed by atoms with Crippen molar-refractivity contribution in [3.8, 4) is 5.75 Å². The SMILES string of the molecule is CCNC(=NCC(=O)NCCOC)NCCOc1ccccc1.I. The molecule has 1 rings (SSSR count). The van der Waals surface area contributed by atoms with Crippen LogP contribution in [0.1, 0.15) is 6.92 Å². The molecule has 8 heteroatoms. The Hall–Kier alpha value is -1.55. The average molecular weight is 450 g/mol. The molecule has 3 N–H and O–H groups in total. The molecule has 0 aliphatic carbocycles. The standard InChI is InChI=1S/C16H26N4O3.HI/c1-3-17-16(20-13-15(21)18-9-11-22-2)19-10-12-23-14-7-5-4-6-8-14;/h4-8H,3,9-13H2,1-2H3,(H,18,21)(H2,17,19,20);1H. The maximum atomic E-state index is 11.6. The molecule has 0 heterocycles. The minimum absolute atomic E-state index is 0. The van der Waals surface area contributed by atoms with E-state index in [0.29, 0.717) is 32.3 Å². The summed E-state index contributed by atoms with van der Waals surface area (Å²) in [5.41, 5.74) is 0. The molecule has 0 atom stereocenters. The molecule has 0 spiro atoms. The van der Waals surface area contributed by atoms with Crippen molar-refractivity contribution in [2.45, 2.75) is 6.92 Å². The summed E-state index contributed by atoms with van der Waals surface area (Å²) >= 11 is 0. The first-order chi connectivity index (χ1) is 11.3. The molecule has 0 aliphatic rings. The van der Waals surface area contributed by atoms with Gasteiger partial charge < -0.3 is 25.4 Å².